The van der Waals surface area contributed by atoms with Gasteiger partial charge < -0.3 is 9.84 Å². The smallest absolute Gasteiger partial charge is 0.420 e. The molecule has 0 aliphatic heterocycles. The Labute approximate surface area is 99.8 Å². The molecule has 2 nitrogen and oxygen atoms in total. The largest absolute Gasteiger partial charge is 0.489 e. The Morgan fingerprint density at radius 2 is 1.94 bits per heavy atom. The number of aliphatic hydroxyl groups is 1. The van der Waals surface area contributed by atoms with E-state index < -0.39 is 24.2 Å². The summed E-state index contributed by atoms with van der Waals surface area (Å²) >= 11 is 5.58. The second-order valence-corrected chi connectivity index (χ2v) is 4.04. The summed E-state index contributed by atoms with van der Waals surface area (Å²) < 4.78 is 54.3. The van der Waals surface area contributed by atoms with Gasteiger partial charge in [0.25, 0.3) is 0 Å². The van der Waals surface area contributed by atoms with Gasteiger partial charge >= 0.3 is 6.18 Å². The molecule has 0 amide bonds. The van der Waals surface area contributed by atoms with Crippen LogP contribution in [0.4, 0.5) is 17.6 Å². The third kappa shape index (κ3) is 3.47. The Hall–Kier alpha value is -1.01. The van der Waals surface area contributed by atoms with Crippen LogP contribution in [0.15, 0.2) is 18.2 Å². The molecule has 0 radical (unpaired) electrons. The molecule has 0 aliphatic carbocycles. The SMILES string of the molecule is CC(O)(COc1cc(F)ccc1Cl)C(F)(F)F. The standard InChI is InChI=1S/C10H9ClF4O2/c1-9(16,10(13,14)15)5-17-8-4-6(12)2-3-7(8)11/h2-4,16H,5H2,1H3. The fourth-order valence-electron chi connectivity index (χ4n) is 0.888. The van der Waals surface area contributed by atoms with E-state index in [1.165, 1.54) is 0 Å². The van der Waals surface area contributed by atoms with Gasteiger partial charge in [0.2, 0.25) is 0 Å². The lowest BCUT2D eigenvalue weighted by atomic mass is 10.1. The van der Waals surface area contributed by atoms with Crippen LogP contribution in [-0.4, -0.2) is 23.5 Å². The zero-order chi connectivity index (χ0) is 13.3. The first-order valence-corrected chi connectivity index (χ1v) is 4.88. The van der Waals surface area contributed by atoms with Gasteiger partial charge in [0.05, 0.1) is 5.02 Å². The Morgan fingerprint density at radius 3 is 2.47 bits per heavy atom. The van der Waals surface area contributed by atoms with E-state index in [0.717, 1.165) is 18.2 Å². The third-order valence-corrected chi connectivity index (χ3v) is 2.32. The quantitative estimate of drug-likeness (QED) is 0.857. The number of benzene rings is 1. The van der Waals surface area contributed by atoms with E-state index in [-0.39, 0.29) is 10.8 Å². The van der Waals surface area contributed by atoms with Crippen molar-refractivity contribution < 1.29 is 27.4 Å². The minimum absolute atomic E-state index is 0.0376. The van der Waals surface area contributed by atoms with E-state index in [1.807, 2.05) is 0 Å². The number of alkyl halides is 3. The van der Waals surface area contributed by atoms with Gasteiger partial charge in [-0.3, -0.25) is 0 Å². The fourth-order valence-corrected chi connectivity index (χ4v) is 1.06. The molecule has 0 saturated carbocycles. The lowest BCUT2D eigenvalue weighted by molar-refractivity contribution is -0.260. The molecule has 1 atom stereocenters. The molecule has 7 heteroatoms. The van der Waals surface area contributed by atoms with Crippen molar-refractivity contribution in [2.75, 3.05) is 6.61 Å². The highest BCUT2D eigenvalue weighted by molar-refractivity contribution is 6.32. The second-order valence-electron chi connectivity index (χ2n) is 3.64. The molecule has 17 heavy (non-hydrogen) atoms. The molecule has 0 aliphatic rings. The van der Waals surface area contributed by atoms with E-state index in [4.69, 9.17) is 16.7 Å². The minimum Gasteiger partial charge on any atom is -0.489 e. The van der Waals surface area contributed by atoms with Crippen molar-refractivity contribution in [2.45, 2.75) is 18.7 Å². The van der Waals surface area contributed by atoms with Gasteiger partial charge in [-0.05, 0) is 19.1 Å². The molecule has 1 unspecified atom stereocenters. The number of hydrogen-bond donors (Lipinski definition) is 1. The van der Waals surface area contributed by atoms with Gasteiger partial charge in [-0.1, -0.05) is 11.6 Å². The fraction of sp³-hybridized carbons (Fsp3) is 0.400. The number of ether oxygens (including phenoxy) is 1. The van der Waals surface area contributed by atoms with E-state index >= 15 is 0 Å². The van der Waals surface area contributed by atoms with Crippen LogP contribution in [-0.2, 0) is 0 Å². The van der Waals surface area contributed by atoms with Crippen LogP contribution in [0.2, 0.25) is 5.02 Å². The Kier molecular flexibility index (Phi) is 3.88. The van der Waals surface area contributed by atoms with Crippen molar-refractivity contribution in [3.05, 3.63) is 29.0 Å². The maximum atomic E-state index is 12.8. The molecule has 0 saturated heterocycles. The van der Waals surface area contributed by atoms with E-state index in [9.17, 15) is 17.6 Å². The maximum Gasteiger partial charge on any atom is 0.420 e. The minimum atomic E-state index is -4.84. The van der Waals surface area contributed by atoms with Gasteiger partial charge in [0.15, 0.2) is 5.60 Å². The molecule has 96 valence electrons. The van der Waals surface area contributed by atoms with Gasteiger partial charge in [-0.2, -0.15) is 13.2 Å². The summed E-state index contributed by atoms with van der Waals surface area (Å²) in [6.07, 6.45) is -4.84. The first kappa shape index (κ1) is 14.1. The molecular formula is C10H9ClF4O2. The molecule has 1 aromatic rings. The average molecular weight is 273 g/mol. The Morgan fingerprint density at radius 1 is 1.35 bits per heavy atom. The summed E-state index contributed by atoms with van der Waals surface area (Å²) in [6.45, 7) is -0.514. The molecular weight excluding hydrogens is 264 g/mol. The Bertz CT molecular complexity index is 404. The molecule has 0 fully saturated rings. The van der Waals surface area contributed by atoms with Crippen molar-refractivity contribution >= 4 is 11.6 Å². The highest BCUT2D eigenvalue weighted by Crippen LogP contribution is 2.32. The van der Waals surface area contributed by atoms with Gasteiger partial charge in [-0.15, -0.1) is 0 Å². The van der Waals surface area contributed by atoms with Crippen LogP contribution < -0.4 is 4.74 Å². The normalized spacial score (nSPS) is 15.5. The summed E-state index contributed by atoms with van der Waals surface area (Å²) in [4.78, 5) is 0. The van der Waals surface area contributed by atoms with E-state index in [2.05, 4.69) is 4.74 Å². The summed E-state index contributed by atoms with van der Waals surface area (Å²) in [6, 6.07) is 3.03. The Balaban J connectivity index is 2.77. The average Bonchev–Trinajstić information content (AvgIpc) is 2.18. The van der Waals surface area contributed by atoms with Gasteiger partial charge in [0, 0.05) is 6.07 Å². The molecule has 1 aromatic carbocycles. The summed E-state index contributed by atoms with van der Waals surface area (Å²) in [5, 5.41) is 9.05. The second kappa shape index (κ2) is 4.70. The summed E-state index contributed by atoms with van der Waals surface area (Å²) in [5.41, 5.74) is -3.03. The molecule has 0 heterocycles. The zero-order valence-electron chi connectivity index (χ0n) is 8.68. The molecule has 0 bridgehead atoms. The number of halogens is 5. The van der Waals surface area contributed by atoms with Crippen molar-refractivity contribution in [1.29, 1.82) is 0 Å². The van der Waals surface area contributed by atoms with Gasteiger partial charge in [-0.25, -0.2) is 4.39 Å². The monoisotopic (exact) mass is 272 g/mol. The predicted molar refractivity (Wildman–Crippen MR) is 53.6 cm³/mol. The number of rotatable bonds is 3. The lowest BCUT2D eigenvalue weighted by Gasteiger charge is -2.26. The summed E-state index contributed by atoms with van der Waals surface area (Å²) in [5.74, 6) is -0.952. The molecule has 0 spiro atoms. The predicted octanol–water partition coefficient (Wildman–Crippen LogP) is 3.17. The lowest BCUT2D eigenvalue weighted by Crippen LogP contribution is -2.47. The van der Waals surface area contributed by atoms with Crippen LogP contribution in [0.5, 0.6) is 5.75 Å². The topological polar surface area (TPSA) is 29.5 Å². The molecule has 1 N–H and O–H groups in total. The van der Waals surface area contributed by atoms with Crippen LogP contribution in [0.3, 0.4) is 0 Å². The van der Waals surface area contributed by atoms with Crippen molar-refractivity contribution in [1.82, 2.24) is 0 Å². The van der Waals surface area contributed by atoms with Crippen molar-refractivity contribution in [3.8, 4) is 5.75 Å². The van der Waals surface area contributed by atoms with Gasteiger partial charge in [0.1, 0.15) is 18.2 Å². The number of hydrogen-bond acceptors (Lipinski definition) is 2. The third-order valence-electron chi connectivity index (χ3n) is 2.01. The van der Waals surface area contributed by atoms with Crippen LogP contribution in [0, 0.1) is 5.82 Å². The zero-order valence-corrected chi connectivity index (χ0v) is 9.44. The first-order chi connectivity index (χ1) is 7.63. The van der Waals surface area contributed by atoms with Crippen molar-refractivity contribution in [2.24, 2.45) is 0 Å². The van der Waals surface area contributed by atoms with E-state index in [1.54, 1.807) is 0 Å². The molecule has 1 rings (SSSR count). The van der Waals surface area contributed by atoms with Crippen LogP contribution in [0.1, 0.15) is 6.92 Å². The highest BCUT2D eigenvalue weighted by atomic mass is 35.5. The van der Waals surface area contributed by atoms with Crippen LogP contribution >= 0.6 is 11.6 Å². The molecule has 0 aromatic heterocycles. The first-order valence-electron chi connectivity index (χ1n) is 4.50. The maximum absolute atomic E-state index is 12.8. The highest BCUT2D eigenvalue weighted by Gasteiger charge is 2.50. The van der Waals surface area contributed by atoms with Crippen molar-refractivity contribution in [3.63, 3.8) is 0 Å². The summed E-state index contributed by atoms with van der Waals surface area (Å²) in [7, 11) is 0. The van der Waals surface area contributed by atoms with E-state index in [0.29, 0.717) is 6.92 Å². The van der Waals surface area contributed by atoms with Crippen LogP contribution in [0.25, 0.3) is 0 Å².